The van der Waals surface area contributed by atoms with Gasteiger partial charge < -0.3 is 16.4 Å². The topological polar surface area (TPSA) is 75.3 Å². The van der Waals surface area contributed by atoms with Crippen molar-refractivity contribution in [3.8, 4) is 0 Å². The van der Waals surface area contributed by atoms with Crippen LogP contribution in [0.4, 0.5) is 5.82 Å². The molecule has 6 heteroatoms. The van der Waals surface area contributed by atoms with Crippen molar-refractivity contribution in [1.29, 1.82) is 0 Å². The van der Waals surface area contributed by atoms with E-state index in [0.29, 0.717) is 18.5 Å². The minimum Gasteiger partial charge on any atom is -0.370 e. The molecular weight excluding hydrogens is 401 g/mol. The van der Waals surface area contributed by atoms with Crippen molar-refractivity contribution in [2.24, 2.45) is 10.7 Å². The molecule has 1 aliphatic rings. The van der Waals surface area contributed by atoms with Crippen molar-refractivity contribution >= 4 is 46.7 Å². The molecule has 1 saturated carbocycles. The maximum Gasteiger partial charge on any atom is 0.188 e. The molecule has 0 aliphatic heterocycles. The number of pyridine rings is 1. The molecule has 1 aliphatic carbocycles. The van der Waals surface area contributed by atoms with Gasteiger partial charge in [0.05, 0.1) is 12.1 Å². The van der Waals surface area contributed by atoms with Crippen molar-refractivity contribution in [2.75, 3.05) is 18.4 Å². The van der Waals surface area contributed by atoms with Crippen LogP contribution in [0.3, 0.4) is 0 Å². The fourth-order valence-electron chi connectivity index (χ4n) is 2.85. The molecule has 1 aromatic carbocycles. The van der Waals surface area contributed by atoms with Crippen LogP contribution in [-0.4, -0.2) is 30.1 Å². The van der Waals surface area contributed by atoms with Crippen LogP contribution in [0, 0.1) is 0 Å². The summed E-state index contributed by atoms with van der Waals surface area (Å²) < 4.78 is 0. The molecule has 5 nitrogen and oxygen atoms in total. The number of aliphatic imine (C=N–C) groups is 1. The highest BCUT2D eigenvalue weighted by molar-refractivity contribution is 14.0. The van der Waals surface area contributed by atoms with E-state index in [1.807, 2.05) is 24.3 Å². The first-order valence-electron chi connectivity index (χ1n) is 7.97. The minimum atomic E-state index is 0. The van der Waals surface area contributed by atoms with Crippen LogP contribution in [0.5, 0.6) is 0 Å². The molecule has 1 fully saturated rings. The van der Waals surface area contributed by atoms with E-state index in [4.69, 9.17) is 5.73 Å². The van der Waals surface area contributed by atoms with E-state index >= 15 is 0 Å². The zero-order valence-electron chi connectivity index (χ0n) is 13.2. The first-order chi connectivity index (χ1) is 10.8. The summed E-state index contributed by atoms with van der Waals surface area (Å²) in [6, 6.07) is 12.7. The van der Waals surface area contributed by atoms with Crippen molar-refractivity contribution < 1.29 is 0 Å². The maximum atomic E-state index is 5.90. The van der Waals surface area contributed by atoms with E-state index in [-0.39, 0.29) is 24.0 Å². The number of benzene rings is 1. The monoisotopic (exact) mass is 425 g/mol. The van der Waals surface area contributed by atoms with Gasteiger partial charge in [-0.3, -0.25) is 4.99 Å². The molecule has 124 valence electrons. The Labute approximate surface area is 154 Å². The van der Waals surface area contributed by atoms with E-state index in [1.165, 1.54) is 25.7 Å². The molecule has 0 radical (unpaired) electrons. The number of para-hydroxylation sites is 1. The highest BCUT2D eigenvalue weighted by Crippen LogP contribution is 2.17. The Morgan fingerprint density at radius 2 is 1.96 bits per heavy atom. The van der Waals surface area contributed by atoms with E-state index in [9.17, 15) is 0 Å². The van der Waals surface area contributed by atoms with Crippen molar-refractivity contribution in [1.82, 2.24) is 10.3 Å². The molecule has 0 unspecified atom stereocenters. The van der Waals surface area contributed by atoms with Gasteiger partial charge >= 0.3 is 0 Å². The first-order valence-corrected chi connectivity index (χ1v) is 7.97. The van der Waals surface area contributed by atoms with Crippen LogP contribution >= 0.6 is 24.0 Å². The van der Waals surface area contributed by atoms with Crippen LogP contribution in [-0.2, 0) is 0 Å². The summed E-state index contributed by atoms with van der Waals surface area (Å²) in [5, 5.41) is 7.72. The molecule has 2 aromatic rings. The summed E-state index contributed by atoms with van der Waals surface area (Å²) in [4.78, 5) is 8.93. The quantitative estimate of drug-likeness (QED) is 0.298. The predicted octanol–water partition coefficient (Wildman–Crippen LogP) is 3.11. The molecule has 0 bridgehead atoms. The first kappa shape index (κ1) is 17.8. The molecule has 0 spiro atoms. The lowest BCUT2D eigenvalue weighted by molar-refractivity contribution is 0.625. The third-order valence-corrected chi connectivity index (χ3v) is 4.01. The number of halogens is 1. The van der Waals surface area contributed by atoms with Gasteiger partial charge in [0.25, 0.3) is 0 Å². The number of anilines is 1. The second-order valence-corrected chi connectivity index (χ2v) is 5.71. The van der Waals surface area contributed by atoms with Gasteiger partial charge in [0.15, 0.2) is 5.96 Å². The lowest BCUT2D eigenvalue weighted by atomic mass is 10.2. The van der Waals surface area contributed by atoms with Gasteiger partial charge in [0.1, 0.15) is 5.82 Å². The molecule has 0 amide bonds. The van der Waals surface area contributed by atoms with E-state index in [0.717, 1.165) is 23.3 Å². The van der Waals surface area contributed by atoms with E-state index in [1.54, 1.807) is 0 Å². The van der Waals surface area contributed by atoms with Crippen molar-refractivity contribution in [3.63, 3.8) is 0 Å². The highest BCUT2D eigenvalue weighted by Gasteiger charge is 2.14. The van der Waals surface area contributed by atoms with Crippen LogP contribution < -0.4 is 16.4 Å². The third kappa shape index (κ3) is 5.23. The average molecular weight is 425 g/mol. The van der Waals surface area contributed by atoms with Crippen molar-refractivity contribution in [3.05, 3.63) is 36.4 Å². The Kier molecular flexibility index (Phi) is 6.88. The number of fused-ring (bicyclic) bond motifs is 1. The molecule has 0 saturated heterocycles. The second-order valence-electron chi connectivity index (χ2n) is 5.71. The molecule has 1 heterocycles. The van der Waals surface area contributed by atoms with Gasteiger partial charge in [0.2, 0.25) is 0 Å². The summed E-state index contributed by atoms with van der Waals surface area (Å²) in [5.41, 5.74) is 6.90. The van der Waals surface area contributed by atoms with Gasteiger partial charge in [-0.2, -0.15) is 0 Å². The Morgan fingerprint density at radius 1 is 1.17 bits per heavy atom. The van der Waals surface area contributed by atoms with Crippen LogP contribution in [0.15, 0.2) is 41.4 Å². The van der Waals surface area contributed by atoms with Crippen LogP contribution in [0.2, 0.25) is 0 Å². The lowest BCUT2D eigenvalue weighted by Gasteiger charge is -2.12. The summed E-state index contributed by atoms with van der Waals surface area (Å²) in [6.45, 7) is 1.36. The molecule has 23 heavy (non-hydrogen) atoms. The minimum absolute atomic E-state index is 0. The Morgan fingerprint density at radius 3 is 2.78 bits per heavy atom. The SMILES string of the molecule is I.NC(=NCCNc1ccc2ccccc2n1)NC1CCCC1. The fraction of sp³-hybridized carbons (Fsp3) is 0.412. The van der Waals surface area contributed by atoms with Gasteiger partial charge in [-0.05, 0) is 31.0 Å². The summed E-state index contributed by atoms with van der Waals surface area (Å²) >= 11 is 0. The lowest BCUT2D eigenvalue weighted by Crippen LogP contribution is -2.38. The molecule has 4 N–H and O–H groups in total. The van der Waals surface area contributed by atoms with Crippen LogP contribution in [0.25, 0.3) is 10.9 Å². The summed E-state index contributed by atoms with van der Waals surface area (Å²) in [6.07, 6.45) is 4.99. The van der Waals surface area contributed by atoms with E-state index < -0.39 is 0 Å². The van der Waals surface area contributed by atoms with Crippen molar-refractivity contribution in [2.45, 2.75) is 31.7 Å². The zero-order valence-corrected chi connectivity index (χ0v) is 15.5. The standard InChI is InChI=1S/C17H23N5.HI/c18-17(21-14-6-2-3-7-14)20-12-11-19-16-10-9-13-5-1-4-8-15(13)22-16;/h1,4-5,8-10,14H,2-3,6-7,11-12H2,(H,19,22)(H3,18,20,21);1H. The molecule has 1 aromatic heterocycles. The van der Waals surface area contributed by atoms with Gasteiger partial charge in [-0.25, -0.2) is 4.98 Å². The summed E-state index contributed by atoms with van der Waals surface area (Å²) in [7, 11) is 0. The van der Waals surface area contributed by atoms with Gasteiger partial charge in [-0.15, -0.1) is 24.0 Å². The molecule has 3 rings (SSSR count). The third-order valence-electron chi connectivity index (χ3n) is 4.01. The second kappa shape index (κ2) is 8.90. The number of aromatic nitrogens is 1. The molecular formula is C17H24IN5. The number of hydrogen-bond donors (Lipinski definition) is 3. The Balaban J connectivity index is 0.00000192. The van der Waals surface area contributed by atoms with Crippen LogP contribution in [0.1, 0.15) is 25.7 Å². The van der Waals surface area contributed by atoms with Gasteiger partial charge in [-0.1, -0.05) is 31.0 Å². The van der Waals surface area contributed by atoms with Gasteiger partial charge in [0, 0.05) is 18.0 Å². The fourth-order valence-corrected chi connectivity index (χ4v) is 2.85. The average Bonchev–Trinajstić information content (AvgIpc) is 3.04. The number of rotatable bonds is 5. The largest absolute Gasteiger partial charge is 0.370 e. The zero-order chi connectivity index (χ0) is 15.2. The normalized spacial score (nSPS) is 15.4. The van der Waals surface area contributed by atoms with E-state index in [2.05, 4.69) is 32.7 Å². The maximum absolute atomic E-state index is 5.90. The Hall–Kier alpha value is -1.57. The smallest absolute Gasteiger partial charge is 0.188 e. The number of nitrogens with one attached hydrogen (secondary N) is 2. The number of guanidine groups is 1. The molecule has 0 atom stereocenters. The Bertz CT molecular complexity index is 652. The number of hydrogen-bond acceptors (Lipinski definition) is 3. The highest BCUT2D eigenvalue weighted by atomic mass is 127. The summed E-state index contributed by atoms with van der Waals surface area (Å²) in [5.74, 6) is 1.43. The predicted molar refractivity (Wildman–Crippen MR) is 108 cm³/mol. The number of nitrogens with zero attached hydrogens (tertiary/aromatic N) is 2. The number of nitrogens with two attached hydrogens (primary N) is 1.